The Hall–Kier alpha value is -1.13. The molecule has 0 bridgehead atoms. The molecule has 1 rings (SSSR count). The molecular formula is C13H18ClFN2O. The Morgan fingerprint density at radius 3 is 2.50 bits per heavy atom. The SMILES string of the molecule is CC(C)(C)C(=O)N(CCN)c1ccc(F)c(Cl)c1. The molecule has 1 aromatic carbocycles. The van der Waals surface area contributed by atoms with Gasteiger partial charge >= 0.3 is 0 Å². The van der Waals surface area contributed by atoms with Gasteiger partial charge in [-0.2, -0.15) is 0 Å². The maximum Gasteiger partial charge on any atom is 0.232 e. The molecule has 1 amide bonds. The van der Waals surface area contributed by atoms with Crippen molar-refractivity contribution >= 4 is 23.2 Å². The van der Waals surface area contributed by atoms with Gasteiger partial charge in [-0.15, -0.1) is 0 Å². The van der Waals surface area contributed by atoms with Crippen molar-refractivity contribution in [3.05, 3.63) is 29.0 Å². The number of carbonyl (C=O) groups excluding carboxylic acids is 1. The molecule has 0 aromatic heterocycles. The zero-order chi connectivity index (χ0) is 13.9. The fraction of sp³-hybridized carbons (Fsp3) is 0.462. The molecular weight excluding hydrogens is 255 g/mol. The van der Waals surface area contributed by atoms with E-state index in [0.29, 0.717) is 18.8 Å². The fourth-order valence-corrected chi connectivity index (χ4v) is 1.71. The highest BCUT2D eigenvalue weighted by Crippen LogP contribution is 2.26. The molecule has 0 aliphatic carbocycles. The molecule has 0 fully saturated rings. The van der Waals surface area contributed by atoms with E-state index in [1.165, 1.54) is 23.1 Å². The van der Waals surface area contributed by atoms with E-state index < -0.39 is 11.2 Å². The Bertz CT molecular complexity index is 443. The van der Waals surface area contributed by atoms with Crippen molar-refractivity contribution in [3.63, 3.8) is 0 Å². The highest BCUT2D eigenvalue weighted by atomic mass is 35.5. The molecule has 0 spiro atoms. The molecule has 0 unspecified atom stereocenters. The second-order valence-electron chi connectivity index (χ2n) is 5.09. The van der Waals surface area contributed by atoms with Gasteiger partial charge in [-0.1, -0.05) is 32.4 Å². The van der Waals surface area contributed by atoms with Gasteiger partial charge in [0.15, 0.2) is 0 Å². The van der Waals surface area contributed by atoms with Gasteiger partial charge in [0.1, 0.15) is 5.82 Å². The van der Waals surface area contributed by atoms with Gasteiger partial charge in [-0.05, 0) is 18.2 Å². The summed E-state index contributed by atoms with van der Waals surface area (Å²) in [7, 11) is 0. The number of amides is 1. The third kappa shape index (κ3) is 3.43. The standard InChI is InChI=1S/C13H18ClFN2O/c1-13(2,3)12(18)17(7-6-16)9-4-5-11(15)10(14)8-9/h4-5,8H,6-7,16H2,1-3H3. The minimum Gasteiger partial charge on any atom is -0.329 e. The number of rotatable bonds is 3. The predicted molar refractivity (Wildman–Crippen MR) is 72.3 cm³/mol. The lowest BCUT2D eigenvalue weighted by atomic mass is 9.94. The molecule has 0 atom stereocenters. The number of hydrogen-bond acceptors (Lipinski definition) is 2. The number of halogens is 2. The average Bonchev–Trinajstić information content (AvgIpc) is 2.28. The van der Waals surface area contributed by atoms with Crippen molar-refractivity contribution in [2.75, 3.05) is 18.0 Å². The van der Waals surface area contributed by atoms with Crippen molar-refractivity contribution in [3.8, 4) is 0 Å². The first-order chi connectivity index (χ1) is 8.27. The second kappa shape index (κ2) is 5.67. The largest absolute Gasteiger partial charge is 0.329 e. The highest BCUT2D eigenvalue weighted by Gasteiger charge is 2.28. The Morgan fingerprint density at radius 1 is 1.44 bits per heavy atom. The van der Waals surface area contributed by atoms with Crippen LogP contribution in [0.4, 0.5) is 10.1 Å². The van der Waals surface area contributed by atoms with E-state index in [9.17, 15) is 9.18 Å². The molecule has 1 aromatic rings. The van der Waals surface area contributed by atoms with Crippen molar-refractivity contribution in [2.45, 2.75) is 20.8 Å². The fourth-order valence-electron chi connectivity index (χ4n) is 1.53. The van der Waals surface area contributed by atoms with Crippen LogP contribution >= 0.6 is 11.6 Å². The quantitative estimate of drug-likeness (QED) is 0.920. The third-order valence-corrected chi connectivity index (χ3v) is 2.74. The van der Waals surface area contributed by atoms with Crippen molar-refractivity contribution in [1.82, 2.24) is 0 Å². The van der Waals surface area contributed by atoms with E-state index in [4.69, 9.17) is 17.3 Å². The van der Waals surface area contributed by atoms with Crippen LogP contribution in [0.15, 0.2) is 18.2 Å². The van der Waals surface area contributed by atoms with Crippen LogP contribution in [0.3, 0.4) is 0 Å². The monoisotopic (exact) mass is 272 g/mol. The zero-order valence-electron chi connectivity index (χ0n) is 10.8. The summed E-state index contributed by atoms with van der Waals surface area (Å²) in [6, 6.07) is 4.22. The molecule has 18 heavy (non-hydrogen) atoms. The Balaban J connectivity index is 3.12. The number of carbonyl (C=O) groups is 1. The zero-order valence-corrected chi connectivity index (χ0v) is 11.6. The number of nitrogens with two attached hydrogens (primary N) is 1. The van der Waals surface area contributed by atoms with E-state index in [-0.39, 0.29) is 10.9 Å². The molecule has 3 nitrogen and oxygen atoms in total. The molecule has 5 heteroatoms. The summed E-state index contributed by atoms with van der Waals surface area (Å²) >= 11 is 5.73. The first kappa shape index (κ1) is 14.9. The van der Waals surface area contributed by atoms with Crippen LogP contribution in [0.5, 0.6) is 0 Å². The number of nitrogens with zero attached hydrogens (tertiary/aromatic N) is 1. The molecule has 0 radical (unpaired) electrons. The first-order valence-corrected chi connectivity index (χ1v) is 6.12. The highest BCUT2D eigenvalue weighted by molar-refractivity contribution is 6.31. The lowest BCUT2D eigenvalue weighted by molar-refractivity contribution is -0.125. The molecule has 0 aliphatic heterocycles. The van der Waals surface area contributed by atoms with Gasteiger partial charge in [0, 0.05) is 24.2 Å². The first-order valence-electron chi connectivity index (χ1n) is 5.74. The molecule has 100 valence electrons. The van der Waals surface area contributed by atoms with E-state index in [1.54, 1.807) is 0 Å². The third-order valence-electron chi connectivity index (χ3n) is 2.45. The minimum atomic E-state index is -0.532. The minimum absolute atomic E-state index is 0.00349. The van der Waals surface area contributed by atoms with Crippen LogP contribution in [-0.2, 0) is 4.79 Å². The molecule has 0 heterocycles. The Kier molecular flexibility index (Phi) is 4.71. The van der Waals surface area contributed by atoms with Crippen molar-refractivity contribution in [1.29, 1.82) is 0 Å². The second-order valence-corrected chi connectivity index (χ2v) is 5.50. The van der Waals surface area contributed by atoms with E-state index in [1.807, 2.05) is 20.8 Å². The number of hydrogen-bond donors (Lipinski definition) is 1. The van der Waals surface area contributed by atoms with Crippen molar-refractivity contribution in [2.24, 2.45) is 11.1 Å². The summed E-state index contributed by atoms with van der Waals surface area (Å²) in [5.74, 6) is -0.577. The summed E-state index contributed by atoms with van der Waals surface area (Å²) < 4.78 is 13.1. The lowest BCUT2D eigenvalue weighted by Crippen LogP contribution is -2.42. The Labute approximate surface area is 112 Å². The van der Waals surface area contributed by atoms with Crippen LogP contribution in [0.2, 0.25) is 5.02 Å². The summed E-state index contributed by atoms with van der Waals surface area (Å²) in [4.78, 5) is 13.8. The molecule has 0 aliphatic rings. The van der Waals surface area contributed by atoms with Gasteiger partial charge < -0.3 is 10.6 Å². The van der Waals surface area contributed by atoms with Gasteiger partial charge in [0.05, 0.1) is 5.02 Å². The summed E-state index contributed by atoms with van der Waals surface area (Å²) in [6.07, 6.45) is 0. The molecule has 0 saturated heterocycles. The van der Waals surface area contributed by atoms with E-state index >= 15 is 0 Å². The number of benzene rings is 1. The predicted octanol–water partition coefficient (Wildman–Crippen LogP) is 2.82. The molecule has 2 N–H and O–H groups in total. The smallest absolute Gasteiger partial charge is 0.232 e. The van der Waals surface area contributed by atoms with Gasteiger partial charge in [-0.3, -0.25) is 4.79 Å². The van der Waals surface area contributed by atoms with Crippen LogP contribution in [-0.4, -0.2) is 19.0 Å². The van der Waals surface area contributed by atoms with Crippen LogP contribution in [0, 0.1) is 11.2 Å². The van der Waals surface area contributed by atoms with Crippen LogP contribution in [0.1, 0.15) is 20.8 Å². The molecule has 0 saturated carbocycles. The maximum atomic E-state index is 13.1. The van der Waals surface area contributed by atoms with Gasteiger partial charge in [0.25, 0.3) is 0 Å². The Morgan fingerprint density at radius 2 is 2.06 bits per heavy atom. The summed E-state index contributed by atoms with van der Waals surface area (Å²) in [5, 5.41) is -0.00349. The normalized spacial score (nSPS) is 11.4. The maximum absolute atomic E-state index is 13.1. The summed E-state index contributed by atoms with van der Waals surface area (Å²) in [6.45, 7) is 6.17. The average molecular weight is 273 g/mol. The van der Waals surface area contributed by atoms with Crippen LogP contribution in [0.25, 0.3) is 0 Å². The number of anilines is 1. The van der Waals surface area contributed by atoms with Gasteiger partial charge in [-0.25, -0.2) is 4.39 Å². The van der Waals surface area contributed by atoms with Crippen molar-refractivity contribution < 1.29 is 9.18 Å². The van der Waals surface area contributed by atoms with E-state index in [2.05, 4.69) is 0 Å². The van der Waals surface area contributed by atoms with Crippen LogP contribution < -0.4 is 10.6 Å². The summed E-state index contributed by atoms with van der Waals surface area (Å²) in [5.41, 5.74) is 5.54. The topological polar surface area (TPSA) is 46.3 Å². The van der Waals surface area contributed by atoms with Gasteiger partial charge in [0.2, 0.25) is 5.91 Å². The van der Waals surface area contributed by atoms with E-state index in [0.717, 1.165) is 0 Å². The lowest BCUT2D eigenvalue weighted by Gasteiger charge is -2.29.